The highest BCUT2D eigenvalue weighted by Gasteiger charge is 2.29. The lowest BCUT2D eigenvalue weighted by Gasteiger charge is -2.21. The van der Waals surface area contributed by atoms with Crippen LogP contribution in [-0.2, 0) is 17.8 Å². The second-order valence-corrected chi connectivity index (χ2v) is 6.65. The van der Waals surface area contributed by atoms with Crippen LogP contribution >= 0.6 is 0 Å². The molecule has 2 heterocycles. The van der Waals surface area contributed by atoms with Gasteiger partial charge >= 0.3 is 0 Å². The Balaban J connectivity index is 1.47. The van der Waals surface area contributed by atoms with E-state index in [-0.39, 0.29) is 6.23 Å². The first-order chi connectivity index (χ1) is 13.8. The van der Waals surface area contributed by atoms with Crippen molar-refractivity contribution in [2.24, 2.45) is 0 Å². The zero-order valence-electron chi connectivity index (χ0n) is 15.7. The van der Waals surface area contributed by atoms with Crippen molar-refractivity contribution in [1.82, 2.24) is 19.9 Å². The van der Waals surface area contributed by atoms with Crippen LogP contribution in [0.5, 0.6) is 5.75 Å². The minimum Gasteiger partial charge on any atom is -0.497 e. The summed E-state index contributed by atoms with van der Waals surface area (Å²) in [6.07, 6.45) is 1.67. The standard InChI is InChI=1S/C21H21N5O2/c1-27-19-8-6-16(7-9-19)13-25-10-11-28-21(25)20-15-26(24-23-20)14-18-5-3-2-4-17(18)12-22/h2-9,15,21H,10-11,13-14H2,1H3. The summed E-state index contributed by atoms with van der Waals surface area (Å²) in [7, 11) is 1.66. The van der Waals surface area contributed by atoms with Crippen molar-refractivity contribution in [3.8, 4) is 11.8 Å². The summed E-state index contributed by atoms with van der Waals surface area (Å²) in [4.78, 5) is 2.24. The largest absolute Gasteiger partial charge is 0.497 e. The Hall–Kier alpha value is -3.21. The number of nitriles is 1. The quantitative estimate of drug-likeness (QED) is 0.659. The summed E-state index contributed by atoms with van der Waals surface area (Å²) < 4.78 is 12.9. The summed E-state index contributed by atoms with van der Waals surface area (Å²) in [5.74, 6) is 0.846. The van der Waals surface area contributed by atoms with Crippen LogP contribution in [0.15, 0.2) is 54.7 Å². The van der Waals surface area contributed by atoms with E-state index in [1.54, 1.807) is 11.8 Å². The number of nitrogens with zero attached hydrogens (tertiary/aromatic N) is 5. The molecular weight excluding hydrogens is 354 g/mol. The third kappa shape index (κ3) is 3.88. The average molecular weight is 375 g/mol. The van der Waals surface area contributed by atoms with E-state index < -0.39 is 0 Å². The molecule has 0 spiro atoms. The fourth-order valence-electron chi connectivity index (χ4n) is 3.35. The van der Waals surface area contributed by atoms with Crippen molar-refractivity contribution < 1.29 is 9.47 Å². The van der Waals surface area contributed by atoms with Crippen molar-refractivity contribution in [3.05, 3.63) is 77.1 Å². The number of methoxy groups -OCH3 is 1. The highest BCUT2D eigenvalue weighted by atomic mass is 16.5. The van der Waals surface area contributed by atoms with Crippen LogP contribution in [0.1, 0.15) is 28.6 Å². The molecule has 0 bridgehead atoms. The predicted molar refractivity (Wildman–Crippen MR) is 102 cm³/mol. The van der Waals surface area contributed by atoms with Gasteiger partial charge in [-0.05, 0) is 29.3 Å². The number of hydrogen-bond acceptors (Lipinski definition) is 6. The molecule has 1 aliphatic heterocycles. The van der Waals surface area contributed by atoms with Gasteiger partial charge in [0.1, 0.15) is 11.4 Å². The molecule has 1 unspecified atom stereocenters. The van der Waals surface area contributed by atoms with E-state index in [1.807, 2.05) is 42.6 Å². The first-order valence-corrected chi connectivity index (χ1v) is 9.13. The lowest BCUT2D eigenvalue weighted by Crippen LogP contribution is -2.23. The summed E-state index contributed by atoms with van der Waals surface area (Å²) >= 11 is 0. The van der Waals surface area contributed by atoms with Crippen LogP contribution in [0.4, 0.5) is 0 Å². The highest BCUT2D eigenvalue weighted by Crippen LogP contribution is 2.27. The molecule has 0 aliphatic carbocycles. The van der Waals surface area contributed by atoms with Crippen molar-refractivity contribution in [1.29, 1.82) is 5.26 Å². The molecule has 2 aromatic carbocycles. The molecule has 4 rings (SSSR count). The van der Waals surface area contributed by atoms with Crippen molar-refractivity contribution in [2.75, 3.05) is 20.3 Å². The van der Waals surface area contributed by atoms with Gasteiger partial charge in [0.15, 0.2) is 6.23 Å². The van der Waals surface area contributed by atoms with Gasteiger partial charge in [-0.25, -0.2) is 4.68 Å². The molecule has 28 heavy (non-hydrogen) atoms. The van der Waals surface area contributed by atoms with Gasteiger partial charge in [-0.3, -0.25) is 4.90 Å². The maximum absolute atomic E-state index is 9.25. The van der Waals surface area contributed by atoms with Gasteiger partial charge in [-0.2, -0.15) is 5.26 Å². The second kappa shape index (κ2) is 8.21. The maximum atomic E-state index is 9.25. The molecule has 1 fully saturated rings. The molecule has 0 saturated carbocycles. The first kappa shape index (κ1) is 18.2. The second-order valence-electron chi connectivity index (χ2n) is 6.65. The number of hydrogen-bond donors (Lipinski definition) is 0. The van der Waals surface area contributed by atoms with Gasteiger partial charge in [0.25, 0.3) is 0 Å². The molecule has 7 heteroatoms. The summed E-state index contributed by atoms with van der Waals surface area (Å²) in [6.45, 7) is 2.76. The third-order valence-corrected chi connectivity index (χ3v) is 4.81. The van der Waals surface area contributed by atoms with Gasteiger partial charge in [0, 0.05) is 13.1 Å². The van der Waals surface area contributed by atoms with Crippen LogP contribution < -0.4 is 4.74 Å². The molecule has 0 N–H and O–H groups in total. The maximum Gasteiger partial charge on any atom is 0.157 e. The van der Waals surface area contributed by atoms with E-state index in [2.05, 4.69) is 33.4 Å². The van der Waals surface area contributed by atoms with Gasteiger partial charge in [0.2, 0.25) is 0 Å². The van der Waals surface area contributed by atoms with Crippen LogP contribution in [-0.4, -0.2) is 40.2 Å². The average Bonchev–Trinajstić information content (AvgIpc) is 3.38. The Bertz CT molecular complexity index is 977. The Kier molecular flexibility index (Phi) is 5.33. The lowest BCUT2D eigenvalue weighted by molar-refractivity contribution is 0.0252. The number of aromatic nitrogens is 3. The third-order valence-electron chi connectivity index (χ3n) is 4.81. The first-order valence-electron chi connectivity index (χ1n) is 9.13. The Morgan fingerprint density at radius 2 is 2.00 bits per heavy atom. The number of ether oxygens (including phenoxy) is 2. The van der Waals surface area contributed by atoms with Crippen molar-refractivity contribution in [3.63, 3.8) is 0 Å². The molecule has 1 saturated heterocycles. The van der Waals surface area contributed by atoms with E-state index in [4.69, 9.17) is 9.47 Å². The summed E-state index contributed by atoms with van der Waals surface area (Å²) in [5, 5.41) is 17.8. The van der Waals surface area contributed by atoms with E-state index in [1.165, 1.54) is 5.56 Å². The van der Waals surface area contributed by atoms with Crippen LogP contribution in [0.25, 0.3) is 0 Å². The predicted octanol–water partition coefficient (Wildman–Crippen LogP) is 2.74. The van der Waals surface area contributed by atoms with Gasteiger partial charge in [0.05, 0.1) is 38.1 Å². The molecular formula is C21H21N5O2. The molecule has 1 aromatic heterocycles. The smallest absolute Gasteiger partial charge is 0.157 e. The Morgan fingerprint density at radius 3 is 2.79 bits per heavy atom. The molecule has 7 nitrogen and oxygen atoms in total. The Labute approximate surface area is 163 Å². The fourth-order valence-corrected chi connectivity index (χ4v) is 3.35. The molecule has 0 radical (unpaired) electrons. The monoisotopic (exact) mass is 375 g/mol. The zero-order chi connectivity index (χ0) is 19.3. The Morgan fingerprint density at radius 1 is 1.18 bits per heavy atom. The molecule has 3 aromatic rings. The fraction of sp³-hybridized carbons (Fsp3) is 0.286. The van der Waals surface area contributed by atoms with Crippen molar-refractivity contribution >= 4 is 0 Å². The number of benzene rings is 2. The van der Waals surface area contributed by atoms with Crippen LogP contribution in [0.2, 0.25) is 0 Å². The zero-order valence-corrected chi connectivity index (χ0v) is 15.7. The lowest BCUT2D eigenvalue weighted by atomic mass is 10.1. The summed E-state index contributed by atoms with van der Waals surface area (Å²) in [6, 6.07) is 17.8. The topological polar surface area (TPSA) is 76.2 Å². The highest BCUT2D eigenvalue weighted by molar-refractivity contribution is 5.37. The van der Waals surface area contributed by atoms with E-state index >= 15 is 0 Å². The van der Waals surface area contributed by atoms with Crippen LogP contribution in [0.3, 0.4) is 0 Å². The van der Waals surface area contributed by atoms with E-state index in [0.717, 1.165) is 30.1 Å². The molecule has 1 aliphatic rings. The molecule has 1 atom stereocenters. The van der Waals surface area contributed by atoms with Crippen molar-refractivity contribution in [2.45, 2.75) is 19.3 Å². The van der Waals surface area contributed by atoms with E-state index in [0.29, 0.717) is 18.7 Å². The normalized spacial score (nSPS) is 16.8. The SMILES string of the molecule is COc1ccc(CN2CCOC2c2cn(Cc3ccccc3C#N)nn2)cc1. The minimum atomic E-state index is -0.220. The van der Waals surface area contributed by atoms with Crippen LogP contribution in [0, 0.1) is 11.3 Å². The van der Waals surface area contributed by atoms with Gasteiger partial charge < -0.3 is 9.47 Å². The van der Waals surface area contributed by atoms with E-state index in [9.17, 15) is 5.26 Å². The summed E-state index contributed by atoms with van der Waals surface area (Å²) in [5.41, 5.74) is 3.54. The molecule has 142 valence electrons. The van der Waals surface area contributed by atoms with Gasteiger partial charge in [-0.1, -0.05) is 35.5 Å². The number of rotatable bonds is 6. The van der Waals surface area contributed by atoms with Gasteiger partial charge in [-0.15, -0.1) is 5.10 Å². The molecule has 0 amide bonds. The minimum absolute atomic E-state index is 0.220.